The zero-order chi connectivity index (χ0) is 19.4. The Hall–Kier alpha value is -1.77. The minimum atomic E-state index is -4.12. The summed E-state index contributed by atoms with van der Waals surface area (Å²) in [5, 5.41) is 7.36. The van der Waals surface area contributed by atoms with Gasteiger partial charge in [0.25, 0.3) is 0 Å². The first-order chi connectivity index (χ1) is 12.9. The molecule has 1 aromatic heterocycles. The third kappa shape index (κ3) is 4.94. The van der Waals surface area contributed by atoms with Crippen LogP contribution >= 0.6 is 0 Å². The van der Waals surface area contributed by atoms with E-state index in [1.54, 1.807) is 17.9 Å². The summed E-state index contributed by atoms with van der Waals surface area (Å²) in [6.45, 7) is 2.09. The fourth-order valence-electron chi connectivity index (χ4n) is 4.09. The molecule has 0 amide bonds. The van der Waals surface area contributed by atoms with Crippen molar-refractivity contribution >= 4 is 5.96 Å². The predicted octanol–water partition coefficient (Wildman–Crippen LogP) is 2.74. The van der Waals surface area contributed by atoms with E-state index in [0.717, 1.165) is 12.0 Å². The number of hydrogen-bond donors (Lipinski definition) is 1. The molecule has 1 aromatic rings. The van der Waals surface area contributed by atoms with Crippen molar-refractivity contribution in [3.63, 3.8) is 0 Å². The number of rotatable bonds is 3. The highest BCUT2D eigenvalue weighted by Crippen LogP contribution is 2.41. The van der Waals surface area contributed by atoms with E-state index in [0.29, 0.717) is 45.0 Å². The van der Waals surface area contributed by atoms with E-state index in [1.807, 2.05) is 18.1 Å². The molecule has 0 radical (unpaired) electrons. The first kappa shape index (κ1) is 20.0. The average molecular weight is 387 g/mol. The van der Waals surface area contributed by atoms with Gasteiger partial charge in [-0.3, -0.25) is 9.67 Å². The van der Waals surface area contributed by atoms with Crippen molar-refractivity contribution < 1.29 is 17.9 Å². The molecule has 2 heterocycles. The fourth-order valence-corrected chi connectivity index (χ4v) is 4.09. The summed E-state index contributed by atoms with van der Waals surface area (Å²) in [5.41, 5.74) is 0.988. The first-order valence-corrected chi connectivity index (χ1v) is 9.51. The number of hydrogen-bond acceptors (Lipinski definition) is 3. The maximum absolute atomic E-state index is 13.3. The molecule has 152 valence electrons. The van der Waals surface area contributed by atoms with Crippen molar-refractivity contribution in [2.24, 2.45) is 23.9 Å². The van der Waals surface area contributed by atoms with Crippen LogP contribution in [0.15, 0.2) is 17.4 Å². The van der Waals surface area contributed by atoms with Gasteiger partial charge in [0.2, 0.25) is 0 Å². The first-order valence-electron chi connectivity index (χ1n) is 9.51. The highest BCUT2D eigenvalue weighted by Gasteiger charge is 2.45. The van der Waals surface area contributed by atoms with Crippen LogP contribution in [0.2, 0.25) is 0 Å². The Morgan fingerprint density at radius 1 is 1.37 bits per heavy atom. The Morgan fingerprint density at radius 2 is 2.15 bits per heavy atom. The Bertz CT molecular complexity index is 645. The van der Waals surface area contributed by atoms with Gasteiger partial charge in [0.15, 0.2) is 5.96 Å². The number of morpholine rings is 1. The molecule has 3 atom stereocenters. The van der Waals surface area contributed by atoms with Crippen molar-refractivity contribution in [1.29, 1.82) is 0 Å². The normalized spacial score (nSPS) is 27.7. The molecule has 27 heavy (non-hydrogen) atoms. The van der Waals surface area contributed by atoms with Crippen LogP contribution in [0.1, 0.15) is 37.4 Å². The van der Waals surface area contributed by atoms with E-state index in [9.17, 15) is 13.2 Å². The van der Waals surface area contributed by atoms with Crippen LogP contribution in [-0.2, 0) is 11.8 Å². The Balaban J connectivity index is 1.59. The second kappa shape index (κ2) is 8.50. The van der Waals surface area contributed by atoms with Gasteiger partial charge in [-0.2, -0.15) is 18.3 Å². The minimum Gasteiger partial charge on any atom is -0.370 e. The van der Waals surface area contributed by atoms with Crippen LogP contribution in [0.3, 0.4) is 0 Å². The summed E-state index contributed by atoms with van der Waals surface area (Å²) in [5.74, 6) is -0.978. The molecule has 6 nitrogen and oxygen atoms in total. The van der Waals surface area contributed by atoms with Crippen molar-refractivity contribution in [2.75, 3.05) is 33.3 Å². The standard InChI is InChI=1S/C18H28F3N5O/c1-22-17(23-9-13-5-3-4-6-15(13)18(19,20)21)26-7-8-27-16(12-26)14-10-24-25(2)11-14/h10-11,13,15-16H,3-9,12H2,1-2H3,(H,22,23). The molecular formula is C18H28F3N5O. The van der Waals surface area contributed by atoms with E-state index in [4.69, 9.17) is 4.74 Å². The highest BCUT2D eigenvalue weighted by atomic mass is 19.4. The molecule has 1 aliphatic carbocycles. The maximum Gasteiger partial charge on any atom is 0.392 e. The van der Waals surface area contributed by atoms with Gasteiger partial charge in [-0.15, -0.1) is 0 Å². The zero-order valence-electron chi connectivity index (χ0n) is 15.9. The molecule has 1 saturated carbocycles. The number of nitrogens with one attached hydrogen (secondary N) is 1. The predicted molar refractivity (Wildman–Crippen MR) is 96.3 cm³/mol. The quantitative estimate of drug-likeness (QED) is 0.640. The summed E-state index contributed by atoms with van der Waals surface area (Å²) in [4.78, 5) is 6.34. The Kier molecular flexibility index (Phi) is 6.29. The van der Waals surface area contributed by atoms with Crippen LogP contribution in [-0.4, -0.2) is 60.1 Å². The Morgan fingerprint density at radius 3 is 2.81 bits per heavy atom. The number of halogens is 3. The van der Waals surface area contributed by atoms with Gasteiger partial charge in [0.05, 0.1) is 25.3 Å². The molecular weight excluding hydrogens is 359 g/mol. The summed E-state index contributed by atoms with van der Waals surface area (Å²) in [6.07, 6.45) is 1.80. The van der Waals surface area contributed by atoms with Gasteiger partial charge in [-0.05, 0) is 18.8 Å². The van der Waals surface area contributed by atoms with E-state index in [2.05, 4.69) is 15.4 Å². The van der Waals surface area contributed by atoms with E-state index < -0.39 is 18.0 Å². The second-order valence-electron chi connectivity index (χ2n) is 7.37. The Labute approximate surface area is 157 Å². The van der Waals surface area contributed by atoms with Crippen molar-refractivity contribution in [1.82, 2.24) is 20.0 Å². The van der Waals surface area contributed by atoms with Crippen LogP contribution < -0.4 is 5.32 Å². The molecule has 1 N–H and O–H groups in total. The topological polar surface area (TPSA) is 54.7 Å². The van der Waals surface area contributed by atoms with Crippen LogP contribution in [0.25, 0.3) is 0 Å². The van der Waals surface area contributed by atoms with Gasteiger partial charge in [-0.25, -0.2) is 0 Å². The average Bonchev–Trinajstić information content (AvgIpc) is 3.08. The number of nitrogens with zero attached hydrogens (tertiary/aromatic N) is 4. The zero-order valence-corrected chi connectivity index (χ0v) is 15.9. The molecule has 9 heteroatoms. The lowest BCUT2D eigenvalue weighted by Crippen LogP contribution is -2.50. The van der Waals surface area contributed by atoms with Gasteiger partial charge in [0.1, 0.15) is 6.10 Å². The SMILES string of the molecule is CN=C(NCC1CCCCC1C(F)(F)F)N1CCOC(c2cnn(C)c2)C1. The third-order valence-corrected chi connectivity index (χ3v) is 5.53. The molecule has 3 unspecified atom stereocenters. The number of aliphatic imine (C=N–C) groups is 1. The third-order valence-electron chi connectivity index (χ3n) is 5.53. The van der Waals surface area contributed by atoms with Crippen LogP contribution in [0.4, 0.5) is 13.2 Å². The van der Waals surface area contributed by atoms with E-state index in [-0.39, 0.29) is 12.5 Å². The largest absolute Gasteiger partial charge is 0.392 e. The molecule has 2 fully saturated rings. The second-order valence-corrected chi connectivity index (χ2v) is 7.37. The molecule has 3 rings (SSSR count). The van der Waals surface area contributed by atoms with Crippen molar-refractivity contribution in [3.05, 3.63) is 18.0 Å². The fraction of sp³-hybridized carbons (Fsp3) is 0.778. The summed E-state index contributed by atoms with van der Waals surface area (Å²) < 4.78 is 47.5. The van der Waals surface area contributed by atoms with Crippen LogP contribution in [0.5, 0.6) is 0 Å². The number of aromatic nitrogens is 2. The summed E-state index contributed by atoms with van der Waals surface area (Å²) >= 11 is 0. The smallest absolute Gasteiger partial charge is 0.370 e. The van der Waals surface area contributed by atoms with Gasteiger partial charge < -0.3 is 15.0 Å². The lowest BCUT2D eigenvalue weighted by atomic mass is 9.79. The number of ether oxygens (including phenoxy) is 1. The molecule has 2 aliphatic rings. The number of guanidine groups is 1. The summed E-state index contributed by atoms with van der Waals surface area (Å²) in [6, 6.07) is 0. The molecule has 1 saturated heterocycles. The molecule has 0 aromatic carbocycles. The highest BCUT2D eigenvalue weighted by molar-refractivity contribution is 5.80. The monoisotopic (exact) mass is 387 g/mol. The minimum absolute atomic E-state index is 0.122. The van der Waals surface area contributed by atoms with E-state index >= 15 is 0 Å². The lowest BCUT2D eigenvalue weighted by molar-refractivity contribution is -0.195. The molecule has 0 spiro atoms. The van der Waals surface area contributed by atoms with Gasteiger partial charge in [0, 0.05) is 38.9 Å². The van der Waals surface area contributed by atoms with Crippen molar-refractivity contribution in [3.8, 4) is 0 Å². The van der Waals surface area contributed by atoms with E-state index in [1.165, 1.54) is 0 Å². The van der Waals surface area contributed by atoms with Crippen LogP contribution in [0, 0.1) is 11.8 Å². The number of alkyl halides is 3. The number of aryl methyl sites for hydroxylation is 1. The molecule has 0 bridgehead atoms. The summed E-state index contributed by atoms with van der Waals surface area (Å²) in [7, 11) is 3.52. The molecule has 1 aliphatic heterocycles. The maximum atomic E-state index is 13.3. The van der Waals surface area contributed by atoms with Gasteiger partial charge >= 0.3 is 6.18 Å². The van der Waals surface area contributed by atoms with Gasteiger partial charge in [-0.1, -0.05) is 12.8 Å². The lowest BCUT2D eigenvalue weighted by Gasteiger charge is -2.37. The van der Waals surface area contributed by atoms with Crippen molar-refractivity contribution in [2.45, 2.75) is 38.0 Å².